The first-order chi connectivity index (χ1) is 8.13. The SMILES string of the molecule is CCOC(=O)CC1Cc2c(Br)cccc2C1=N. The molecule has 1 unspecified atom stereocenters. The summed E-state index contributed by atoms with van der Waals surface area (Å²) in [4.78, 5) is 11.4. The fourth-order valence-corrected chi connectivity index (χ4v) is 2.71. The van der Waals surface area contributed by atoms with Crippen molar-refractivity contribution in [2.45, 2.75) is 19.8 Å². The Morgan fingerprint density at radius 1 is 1.59 bits per heavy atom. The van der Waals surface area contributed by atoms with Crippen LogP contribution in [0.5, 0.6) is 0 Å². The Hall–Kier alpha value is -1.16. The molecule has 90 valence electrons. The van der Waals surface area contributed by atoms with Gasteiger partial charge in [0.1, 0.15) is 0 Å². The molecule has 0 aromatic heterocycles. The van der Waals surface area contributed by atoms with E-state index < -0.39 is 0 Å². The van der Waals surface area contributed by atoms with E-state index in [0.717, 1.165) is 22.0 Å². The minimum atomic E-state index is -0.217. The van der Waals surface area contributed by atoms with Crippen LogP contribution in [0.1, 0.15) is 24.5 Å². The maximum Gasteiger partial charge on any atom is 0.306 e. The highest BCUT2D eigenvalue weighted by atomic mass is 79.9. The molecule has 1 atom stereocenters. The van der Waals surface area contributed by atoms with Crippen molar-refractivity contribution in [2.75, 3.05) is 6.61 Å². The minimum Gasteiger partial charge on any atom is -0.466 e. The van der Waals surface area contributed by atoms with Gasteiger partial charge in [-0.25, -0.2) is 0 Å². The van der Waals surface area contributed by atoms with Crippen molar-refractivity contribution in [3.05, 3.63) is 33.8 Å². The average Bonchev–Trinajstić information content (AvgIpc) is 2.59. The molecule has 2 rings (SSSR count). The van der Waals surface area contributed by atoms with E-state index >= 15 is 0 Å². The van der Waals surface area contributed by atoms with Gasteiger partial charge in [-0.05, 0) is 30.5 Å². The molecular formula is C13H14BrNO2. The highest BCUT2D eigenvalue weighted by molar-refractivity contribution is 9.10. The summed E-state index contributed by atoms with van der Waals surface area (Å²) in [6.07, 6.45) is 1.04. The van der Waals surface area contributed by atoms with E-state index in [1.807, 2.05) is 18.2 Å². The number of nitrogens with one attached hydrogen (secondary N) is 1. The summed E-state index contributed by atoms with van der Waals surface area (Å²) >= 11 is 3.49. The van der Waals surface area contributed by atoms with Gasteiger partial charge in [0.15, 0.2) is 0 Å². The third-order valence-electron chi connectivity index (χ3n) is 2.99. The van der Waals surface area contributed by atoms with Crippen LogP contribution in [-0.4, -0.2) is 18.3 Å². The van der Waals surface area contributed by atoms with Gasteiger partial charge in [-0.1, -0.05) is 28.1 Å². The molecular weight excluding hydrogens is 282 g/mol. The van der Waals surface area contributed by atoms with Crippen LogP contribution in [-0.2, 0) is 16.0 Å². The third kappa shape index (κ3) is 2.41. The zero-order valence-electron chi connectivity index (χ0n) is 9.63. The fraction of sp³-hybridized carbons (Fsp3) is 0.385. The Balaban J connectivity index is 2.15. The second kappa shape index (κ2) is 5.00. The number of benzene rings is 1. The smallest absolute Gasteiger partial charge is 0.306 e. The maximum atomic E-state index is 11.4. The number of rotatable bonds is 3. The molecule has 1 aliphatic rings. The van der Waals surface area contributed by atoms with Gasteiger partial charge in [-0.3, -0.25) is 4.79 Å². The van der Waals surface area contributed by atoms with E-state index in [9.17, 15) is 4.79 Å². The van der Waals surface area contributed by atoms with Gasteiger partial charge in [0, 0.05) is 16.1 Å². The first kappa shape index (κ1) is 12.3. The lowest BCUT2D eigenvalue weighted by Crippen LogP contribution is -2.16. The molecule has 0 saturated heterocycles. The van der Waals surface area contributed by atoms with Crippen LogP contribution >= 0.6 is 15.9 Å². The number of hydrogen-bond acceptors (Lipinski definition) is 3. The van der Waals surface area contributed by atoms with Crippen LogP contribution in [0.2, 0.25) is 0 Å². The zero-order chi connectivity index (χ0) is 12.4. The Bertz CT molecular complexity index is 470. The van der Waals surface area contributed by atoms with Crippen molar-refractivity contribution in [1.82, 2.24) is 0 Å². The molecule has 0 radical (unpaired) electrons. The summed E-state index contributed by atoms with van der Waals surface area (Å²) < 4.78 is 5.95. The Labute approximate surface area is 109 Å². The highest BCUT2D eigenvalue weighted by Crippen LogP contribution is 2.33. The van der Waals surface area contributed by atoms with Crippen LogP contribution in [0, 0.1) is 11.3 Å². The predicted molar refractivity (Wildman–Crippen MR) is 69.4 cm³/mol. The van der Waals surface area contributed by atoms with E-state index in [1.165, 1.54) is 0 Å². The van der Waals surface area contributed by atoms with Gasteiger partial charge in [0.05, 0.1) is 13.0 Å². The monoisotopic (exact) mass is 295 g/mol. The Morgan fingerprint density at radius 2 is 2.35 bits per heavy atom. The van der Waals surface area contributed by atoms with Gasteiger partial charge in [0.2, 0.25) is 0 Å². The molecule has 0 bridgehead atoms. The van der Waals surface area contributed by atoms with E-state index in [1.54, 1.807) is 6.92 Å². The summed E-state index contributed by atoms with van der Waals surface area (Å²) in [6.45, 7) is 2.19. The molecule has 1 aromatic carbocycles. The van der Waals surface area contributed by atoms with Gasteiger partial charge < -0.3 is 10.1 Å². The molecule has 17 heavy (non-hydrogen) atoms. The lowest BCUT2D eigenvalue weighted by atomic mass is 10.0. The highest BCUT2D eigenvalue weighted by Gasteiger charge is 2.30. The molecule has 3 nitrogen and oxygen atoms in total. The van der Waals surface area contributed by atoms with Gasteiger partial charge >= 0.3 is 5.97 Å². The Morgan fingerprint density at radius 3 is 3.00 bits per heavy atom. The summed E-state index contributed by atoms with van der Waals surface area (Å²) in [5.41, 5.74) is 2.63. The topological polar surface area (TPSA) is 50.2 Å². The average molecular weight is 296 g/mol. The minimum absolute atomic E-state index is 0.0391. The molecule has 0 amide bonds. The summed E-state index contributed by atoms with van der Waals surface area (Å²) in [5.74, 6) is -0.256. The molecule has 1 aliphatic carbocycles. The Kier molecular flexibility index (Phi) is 3.62. The lowest BCUT2D eigenvalue weighted by Gasteiger charge is -2.08. The van der Waals surface area contributed by atoms with Gasteiger partial charge in [-0.15, -0.1) is 0 Å². The fourth-order valence-electron chi connectivity index (χ4n) is 2.18. The number of carbonyl (C=O) groups is 1. The molecule has 0 spiro atoms. The molecule has 1 aromatic rings. The zero-order valence-corrected chi connectivity index (χ0v) is 11.2. The van der Waals surface area contributed by atoms with Crippen molar-refractivity contribution in [3.8, 4) is 0 Å². The van der Waals surface area contributed by atoms with Crippen LogP contribution in [0.25, 0.3) is 0 Å². The maximum absolute atomic E-state index is 11.4. The number of esters is 1. The third-order valence-corrected chi connectivity index (χ3v) is 3.73. The molecule has 0 heterocycles. The van der Waals surface area contributed by atoms with Crippen molar-refractivity contribution in [2.24, 2.45) is 5.92 Å². The number of halogens is 1. The van der Waals surface area contributed by atoms with Crippen LogP contribution in [0.4, 0.5) is 0 Å². The first-order valence-electron chi connectivity index (χ1n) is 5.65. The summed E-state index contributed by atoms with van der Waals surface area (Å²) in [6, 6.07) is 5.83. The van der Waals surface area contributed by atoms with E-state index in [4.69, 9.17) is 10.1 Å². The van der Waals surface area contributed by atoms with E-state index in [-0.39, 0.29) is 11.9 Å². The molecule has 0 aliphatic heterocycles. The molecule has 0 saturated carbocycles. The first-order valence-corrected chi connectivity index (χ1v) is 6.44. The second-order valence-corrected chi connectivity index (χ2v) is 4.94. The molecule has 1 N–H and O–H groups in total. The quantitative estimate of drug-likeness (QED) is 0.872. The standard InChI is InChI=1S/C13H14BrNO2/c1-2-17-12(16)7-8-6-10-9(13(8)15)4-3-5-11(10)14/h3-5,8,15H,2,6-7H2,1H3. The van der Waals surface area contributed by atoms with Crippen molar-refractivity contribution >= 4 is 27.6 Å². The predicted octanol–water partition coefficient (Wildman–Crippen LogP) is 2.94. The van der Waals surface area contributed by atoms with Crippen molar-refractivity contribution < 1.29 is 9.53 Å². The van der Waals surface area contributed by atoms with Crippen molar-refractivity contribution in [1.29, 1.82) is 5.41 Å². The van der Waals surface area contributed by atoms with Crippen LogP contribution < -0.4 is 0 Å². The second-order valence-electron chi connectivity index (χ2n) is 4.09. The van der Waals surface area contributed by atoms with Crippen LogP contribution in [0.3, 0.4) is 0 Å². The van der Waals surface area contributed by atoms with Crippen LogP contribution in [0.15, 0.2) is 22.7 Å². The molecule has 0 fully saturated rings. The van der Waals surface area contributed by atoms with E-state index in [2.05, 4.69) is 15.9 Å². The lowest BCUT2D eigenvalue weighted by molar-refractivity contribution is -0.143. The molecule has 4 heteroatoms. The number of ether oxygens (including phenoxy) is 1. The van der Waals surface area contributed by atoms with Gasteiger partial charge in [-0.2, -0.15) is 0 Å². The normalized spacial score (nSPS) is 18.0. The number of hydrogen-bond donors (Lipinski definition) is 1. The summed E-state index contributed by atoms with van der Waals surface area (Å²) in [5, 5.41) is 8.08. The van der Waals surface area contributed by atoms with Gasteiger partial charge in [0.25, 0.3) is 0 Å². The van der Waals surface area contributed by atoms with E-state index in [0.29, 0.717) is 18.7 Å². The number of fused-ring (bicyclic) bond motifs is 1. The summed E-state index contributed by atoms with van der Waals surface area (Å²) in [7, 11) is 0. The van der Waals surface area contributed by atoms with Crippen molar-refractivity contribution in [3.63, 3.8) is 0 Å². The number of carbonyl (C=O) groups excluding carboxylic acids is 1. The largest absolute Gasteiger partial charge is 0.466 e.